The molecule has 0 spiro atoms. The van der Waals surface area contributed by atoms with Crippen molar-refractivity contribution in [2.75, 3.05) is 6.54 Å². The van der Waals surface area contributed by atoms with E-state index in [0.29, 0.717) is 0 Å². The Morgan fingerprint density at radius 2 is 1.62 bits per heavy atom. The monoisotopic (exact) mass is 227 g/mol. The average molecular weight is 227 g/mol. The van der Waals surface area contributed by atoms with Crippen LogP contribution in [0.15, 0.2) is 18.2 Å². The summed E-state index contributed by atoms with van der Waals surface area (Å²) >= 11 is 0. The zero-order valence-corrected chi connectivity index (χ0v) is 10.3. The molecule has 90 valence electrons. The molecule has 0 radical (unpaired) electrons. The third-order valence-electron chi connectivity index (χ3n) is 2.38. The van der Waals surface area contributed by atoms with Gasteiger partial charge >= 0.3 is 0 Å². The molecule has 0 aliphatic carbocycles. The number of rotatable bonds is 4. The summed E-state index contributed by atoms with van der Waals surface area (Å²) in [7, 11) is 0. The van der Waals surface area contributed by atoms with E-state index in [2.05, 4.69) is 5.32 Å². The van der Waals surface area contributed by atoms with E-state index in [0.717, 1.165) is 11.1 Å². The van der Waals surface area contributed by atoms with E-state index in [1.54, 1.807) is 12.1 Å². The Bertz CT molecular complexity index is 339. The van der Waals surface area contributed by atoms with Gasteiger partial charge in [-0.3, -0.25) is 0 Å². The molecular weight excluding hydrogens is 208 g/mol. The minimum atomic E-state index is -2.80. The van der Waals surface area contributed by atoms with Crippen LogP contribution in [-0.2, 0) is 5.92 Å². The maximum absolute atomic E-state index is 13.8. The molecule has 0 aliphatic heterocycles. The predicted octanol–water partition coefficient (Wildman–Crippen LogP) is 3.39. The van der Waals surface area contributed by atoms with Crippen molar-refractivity contribution in [1.29, 1.82) is 0 Å². The quantitative estimate of drug-likeness (QED) is 0.831. The predicted molar refractivity (Wildman–Crippen MR) is 62.9 cm³/mol. The fourth-order valence-electron chi connectivity index (χ4n) is 1.62. The van der Waals surface area contributed by atoms with Crippen LogP contribution < -0.4 is 5.32 Å². The third-order valence-corrected chi connectivity index (χ3v) is 2.38. The highest BCUT2D eigenvalue weighted by Gasteiger charge is 2.31. The average Bonchev–Trinajstić information content (AvgIpc) is 2.13. The van der Waals surface area contributed by atoms with Gasteiger partial charge in [0.1, 0.15) is 0 Å². The van der Waals surface area contributed by atoms with Crippen molar-refractivity contribution in [3.8, 4) is 0 Å². The molecule has 0 saturated heterocycles. The summed E-state index contributed by atoms with van der Waals surface area (Å²) < 4.78 is 27.6. The Labute approximate surface area is 95.9 Å². The molecule has 1 aromatic carbocycles. The van der Waals surface area contributed by atoms with Crippen LogP contribution in [0.5, 0.6) is 0 Å². The Kier molecular flexibility index (Phi) is 4.03. The minimum Gasteiger partial charge on any atom is -0.309 e. The molecule has 0 amide bonds. The van der Waals surface area contributed by atoms with E-state index in [-0.39, 0.29) is 18.2 Å². The molecule has 1 rings (SSSR count). The molecule has 1 aromatic rings. The Morgan fingerprint density at radius 1 is 1.12 bits per heavy atom. The van der Waals surface area contributed by atoms with Crippen LogP contribution in [0, 0.1) is 13.8 Å². The molecule has 1 nitrogen and oxygen atoms in total. The highest BCUT2D eigenvalue weighted by atomic mass is 19.3. The topological polar surface area (TPSA) is 12.0 Å². The molecule has 0 unspecified atom stereocenters. The lowest BCUT2D eigenvalue weighted by Crippen LogP contribution is -2.34. The van der Waals surface area contributed by atoms with E-state index in [1.165, 1.54) is 0 Å². The smallest absolute Gasteiger partial charge is 0.285 e. The van der Waals surface area contributed by atoms with Crippen molar-refractivity contribution in [2.24, 2.45) is 0 Å². The maximum atomic E-state index is 13.8. The Balaban J connectivity index is 2.88. The van der Waals surface area contributed by atoms with Crippen LogP contribution in [0.1, 0.15) is 30.5 Å². The molecule has 1 N–H and O–H groups in total. The molecule has 3 heteroatoms. The molecule has 0 saturated carbocycles. The zero-order chi connectivity index (χ0) is 12.3. The first-order valence-electron chi connectivity index (χ1n) is 5.51. The van der Waals surface area contributed by atoms with Gasteiger partial charge in [-0.1, -0.05) is 43.2 Å². The van der Waals surface area contributed by atoms with Crippen LogP contribution in [0.25, 0.3) is 0 Å². The summed E-state index contributed by atoms with van der Waals surface area (Å²) in [6.07, 6.45) is 0. The Hall–Kier alpha value is -0.960. The molecule has 0 aromatic heterocycles. The molecule has 0 fully saturated rings. The van der Waals surface area contributed by atoms with E-state index in [9.17, 15) is 8.78 Å². The van der Waals surface area contributed by atoms with Gasteiger partial charge in [-0.2, -0.15) is 8.78 Å². The van der Waals surface area contributed by atoms with Gasteiger partial charge in [0.15, 0.2) is 0 Å². The maximum Gasteiger partial charge on any atom is 0.285 e. The number of aryl methyl sites for hydroxylation is 2. The summed E-state index contributed by atoms with van der Waals surface area (Å²) in [5.41, 5.74) is 1.84. The van der Waals surface area contributed by atoms with Crippen molar-refractivity contribution in [1.82, 2.24) is 5.32 Å². The third kappa shape index (κ3) is 3.56. The minimum absolute atomic E-state index is 0.0665. The first-order valence-corrected chi connectivity index (χ1v) is 5.51. The van der Waals surface area contributed by atoms with Crippen LogP contribution in [0.4, 0.5) is 8.78 Å². The van der Waals surface area contributed by atoms with Crippen molar-refractivity contribution >= 4 is 0 Å². The summed E-state index contributed by atoms with van der Waals surface area (Å²) in [6.45, 7) is 7.08. The summed E-state index contributed by atoms with van der Waals surface area (Å²) in [5, 5.41) is 2.77. The molecular formula is C13H19F2N. The van der Waals surface area contributed by atoms with Gasteiger partial charge in [0.05, 0.1) is 6.54 Å². The van der Waals surface area contributed by atoms with Gasteiger partial charge < -0.3 is 5.32 Å². The second kappa shape index (κ2) is 4.91. The highest BCUT2D eigenvalue weighted by Crippen LogP contribution is 2.28. The lowest BCUT2D eigenvalue weighted by Gasteiger charge is -2.20. The SMILES string of the molecule is Cc1cc(C)cc(C(F)(F)CNC(C)C)c1. The summed E-state index contributed by atoms with van der Waals surface area (Å²) in [4.78, 5) is 0. The second-order valence-electron chi connectivity index (χ2n) is 4.62. The van der Waals surface area contributed by atoms with Crippen LogP contribution in [-0.4, -0.2) is 12.6 Å². The largest absolute Gasteiger partial charge is 0.309 e. The van der Waals surface area contributed by atoms with Crippen molar-refractivity contribution in [2.45, 2.75) is 39.7 Å². The van der Waals surface area contributed by atoms with E-state index in [1.807, 2.05) is 33.8 Å². The summed E-state index contributed by atoms with van der Waals surface area (Å²) in [5.74, 6) is -2.80. The number of benzene rings is 1. The van der Waals surface area contributed by atoms with Gasteiger partial charge in [0.25, 0.3) is 5.92 Å². The van der Waals surface area contributed by atoms with Crippen LogP contribution in [0.3, 0.4) is 0 Å². The van der Waals surface area contributed by atoms with Gasteiger partial charge in [-0.15, -0.1) is 0 Å². The molecule has 0 aliphatic rings. The Morgan fingerprint density at radius 3 is 2.06 bits per heavy atom. The second-order valence-corrected chi connectivity index (χ2v) is 4.62. The first-order chi connectivity index (χ1) is 7.31. The zero-order valence-electron chi connectivity index (χ0n) is 10.3. The number of alkyl halides is 2. The normalized spacial score (nSPS) is 12.2. The number of halogens is 2. The number of hydrogen-bond acceptors (Lipinski definition) is 1. The standard InChI is InChI=1S/C13H19F2N/c1-9(2)16-8-13(14,15)12-6-10(3)5-11(4)7-12/h5-7,9,16H,8H2,1-4H3. The van der Waals surface area contributed by atoms with Gasteiger partial charge in [0, 0.05) is 11.6 Å². The summed E-state index contributed by atoms with van der Waals surface area (Å²) in [6, 6.07) is 5.07. The first kappa shape index (κ1) is 13.1. The highest BCUT2D eigenvalue weighted by molar-refractivity contribution is 5.31. The number of hydrogen-bond donors (Lipinski definition) is 1. The molecule has 16 heavy (non-hydrogen) atoms. The van der Waals surface area contributed by atoms with Gasteiger partial charge in [-0.25, -0.2) is 0 Å². The van der Waals surface area contributed by atoms with E-state index >= 15 is 0 Å². The van der Waals surface area contributed by atoms with Crippen molar-refractivity contribution in [3.63, 3.8) is 0 Å². The van der Waals surface area contributed by atoms with Crippen LogP contribution >= 0.6 is 0 Å². The van der Waals surface area contributed by atoms with Crippen molar-refractivity contribution in [3.05, 3.63) is 34.9 Å². The number of nitrogens with one attached hydrogen (secondary N) is 1. The lowest BCUT2D eigenvalue weighted by atomic mass is 10.0. The van der Waals surface area contributed by atoms with Crippen molar-refractivity contribution < 1.29 is 8.78 Å². The van der Waals surface area contributed by atoms with E-state index < -0.39 is 5.92 Å². The molecule has 0 atom stereocenters. The molecule has 0 bridgehead atoms. The van der Waals surface area contributed by atoms with E-state index in [4.69, 9.17) is 0 Å². The molecule has 0 heterocycles. The van der Waals surface area contributed by atoms with Crippen LogP contribution in [0.2, 0.25) is 0 Å². The lowest BCUT2D eigenvalue weighted by molar-refractivity contribution is -0.00494. The fourth-order valence-corrected chi connectivity index (χ4v) is 1.62. The van der Waals surface area contributed by atoms with Gasteiger partial charge in [-0.05, 0) is 13.8 Å². The van der Waals surface area contributed by atoms with Gasteiger partial charge in [0.2, 0.25) is 0 Å². The fraction of sp³-hybridized carbons (Fsp3) is 0.538.